The number of hydrogen-bond acceptors (Lipinski definition) is 2. The zero-order chi connectivity index (χ0) is 18.5. The number of aliphatic imine (C=N–C) groups is 1. The largest absolute Gasteiger partial charge is 0.487 e. The Morgan fingerprint density at radius 3 is 2.42 bits per heavy atom. The molecule has 5 heteroatoms. The van der Waals surface area contributed by atoms with Gasteiger partial charge in [-0.05, 0) is 66.1 Å². The third kappa shape index (κ3) is 4.84. The van der Waals surface area contributed by atoms with Crippen LogP contribution in [0.3, 0.4) is 0 Å². The Kier molecular flexibility index (Phi) is 5.92. The van der Waals surface area contributed by atoms with Crippen LogP contribution in [0.25, 0.3) is 0 Å². The maximum absolute atomic E-state index is 12.9. The Balaban J connectivity index is 1.67. The lowest BCUT2D eigenvalue weighted by molar-refractivity contribution is 0.306. The monoisotopic (exact) mass is 387 g/mol. The first-order chi connectivity index (χ1) is 12.5. The molecule has 0 aliphatic heterocycles. The van der Waals surface area contributed by atoms with Gasteiger partial charge in [-0.1, -0.05) is 41.4 Å². The van der Waals surface area contributed by atoms with Gasteiger partial charge < -0.3 is 4.74 Å². The van der Waals surface area contributed by atoms with Gasteiger partial charge in [0.15, 0.2) is 0 Å². The molecule has 0 atom stereocenters. The summed E-state index contributed by atoms with van der Waals surface area (Å²) >= 11 is 12.4. The van der Waals surface area contributed by atoms with Gasteiger partial charge in [0.1, 0.15) is 18.2 Å². The fourth-order valence-corrected chi connectivity index (χ4v) is 2.69. The maximum atomic E-state index is 12.9. The molecule has 0 bridgehead atoms. The van der Waals surface area contributed by atoms with Gasteiger partial charge in [-0.15, -0.1) is 0 Å². The van der Waals surface area contributed by atoms with Crippen LogP contribution < -0.4 is 4.74 Å². The molecule has 0 aliphatic rings. The second-order valence-corrected chi connectivity index (χ2v) is 6.61. The topological polar surface area (TPSA) is 21.6 Å². The summed E-state index contributed by atoms with van der Waals surface area (Å²) in [6.07, 6.45) is 1.72. The first kappa shape index (κ1) is 18.4. The third-order valence-corrected chi connectivity index (χ3v) is 4.48. The molecule has 0 unspecified atom stereocenters. The molecule has 0 aliphatic carbocycles. The molecule has 0 radical (unpaired) electrons. The molecule has 3 rings (SSSR count). The van der Waals surface area contributed by atoms with Gasteiger partial charge in [-0.25, -0.2) is 4.39 Å². The van der Waals surface area contributed by atoms with Crippen molar-refractivity contribution in [1.29, 1.82) is 0 Å². The predicted molar refractivity (Wildman–Crippen MR) is 106 cm³/mol. The summed E-state index contributed by atoms with van der Waals surface area (Å²) in [7, 11) is 0. The molecular weight excluding hydrogens is 372 g/mol. The van der Waals surface area contributed by atoms with Gasteiger partial charge >= 0.3 is 0 Å². The fourth-order valence-electron chi connectivity index (χ4n) is 2.27. The fraction of sp³-hybridized carbons (Fsp3) is 0.0952. The zero-order valence-corrected chi connectivity index (χ0v) is 15.6. The Labute approximate surface area is 161 Å². The van der Waals surface area contributed by atoms with Crippen LogP contribution in [0.5, 0.6) is 5.75 Å². The van der Waals surface area contributed by atoms with Gasteiger partial charge in [0, 0.05) is 11.2 Å². The number of aryl methyl sites for hydroxylation is 1. The molecule has 26 heavy (non-hydrogen) atoms. The Morgan fingerprint density at radius 2 is 1.73 bits per heavy atom. The molecule has 0 saturated carbocycles. The molecule has 132 valence electrons. The van der Waals surface area contributed by atoms with E-state index >= 15 is 0 Å². The lowest BCUT2D eigenvalue weighted by Gasteiger charge is -2.08. The number of rotatable bonds is 5. The van der Waals surface area contributed by atoms with Crippen molar-refractivity contribution in [3.63, 3.8) is 0 Å². The van der Waals surface area contributed by atoms with E-state index in [2.05, 4.69) is 4.99 Å². The van der Waals surface area contributed by atoms with Crippen LogP contribution in [0.4, 0.5) is 10.1 Å². The summed E-state index contributed by atoms with van der Waals surface area (Å²) in [5.74, 6) is 0.289. The van der Waals surface area contributed by atoms with Gasteiger partial charge in [-0.2, -0.15) is 0 Å². The molecule has 2 nitrogen and oxygen atoms in total. The van der Waals surface area contributed by atoms with Crippen molar-refractivity contribution in [2.75, 3.05) is 0 Å². The van der Waals surface area contributed by atoms with Crippen LogP contribution in [0, 0.1) is 12.7 Å². The molecule has 0 saturated heterocycles. The van der Waals surface area contributed by atoms with Crippen molar-refractivity contribution in [2.24, 2.45) is 4.99 Å². The van der Waals surface area contributed by atoms with E-state index in [0.29, 0.717) is 22.4 Å². The summed E-state index contributed by atoms with van der Waals surface area (Å²) in [6.45, 7) is 2.26. The highest BCUT2D eigenvalue weighted by molar-refractivity contribution is 6.32. The standard InChI is InChI=1S/C21H16Cl2FNO/c1-14-2-8-18(11-19(14)22)25-12-16-5-9-21(20(23)10-16)26-13-15-3-6-17(24)7-4-15/h2-12H,13H2,1H3. The predicted octanol–water partition coefficient (Wildman–Crippen LogP) is 6.77. The van der Waals surface area contributed by atoms with Crippen molar-refractivity contribution < 1.29 is 9.13 Å². The van der Waals surface area contributed by atoms with Crippen LogP contribution in [-0.4, -0.2) is 6.21 Å². The van der Waals surface area contributed by atoms with Crippen LogP contribution in [0.1, 0.15) is 16.7 Å². The van der Waals surface area contributed by atoms with E-state index in [1.807, 2.05) is 31.2 Å². The molecule has 3 aromatic rings. The molecule has 0 heterocycles. The smallest absolute Gasteiger partial charge is 0.138 e. The molecular formula is C21H16Cl2FNO. The summed E-state index contributed by atoms with van der Waals surface area (Å²) in [6, 6.07) is 17.2. The van der Waals surface area contributed by atoms with E-state index in [1.54, 1.807) is 30.5 Å². The highest BCUT2D eigenvalue weighted by atomic mass is 35.5. The van der Waals surface area contributed by atoms with Crippen LogP contribution >= 0.6 is 23.2 Å². The van der Waals surface area contributed by atoms with Crippen molar-refractivity contribution in [2.45, 2.75) is 13.5 Å². The van der Waals surface area contributed by atoms with Gasteiger partial charge in [0.2, 0.25) is 0 Å². The minimum atomic E-state index is -0.273. The Morgan fingerprint density at radius 1 is 0.962 bits per heavy atom. The van der Waals surface area contributed by atoms with Crippen molar-refractivity contribution in [1.82, 2.24) is 0 Å². The van der Waals surface area contributed by atoms with E-state index in [1.165, 1.54) is 12.1 Å². The van der Waals surface area contributed by atoms with Crippen molar-refractivity contribution in [3.8, 4) is 5.75 Å². The third-order valence-electron chi connectivity index (χ3n) is 3.78. The summed E-state index contributed by atoms with van der Waals surface area (Å²) in [5.41, 5.74) is 3.50. The second-order valence-electron chi connectivity index (χ2n) is 5.80. The van der Waals surface area contributed by atoms with Crippen LogP contribution in [0.15, 0.2) is 65.7 Å². The molecule has 0 fully saturated rings. The Hall–Kier alpha value is -2.36. The van der Waals surface area contributed by atoms with Gasteiger partial charge in [0.05, 0.1) is 10.7 Å². The first-order valence-corrected chi connectivity index (χ1v) is 8.74. The van der Waals surface area contributed by atoms with E-state index < -0.39 is 0 Å². The molecule has 3 aromatic carbocycles. The molecule has 0 amide bonds. The number of halogens is 3. The number of benzene rings is 3. The van der Waals surface area contributed by atoms with E-state index in [-0.39, 0.29) is 5.82 Å². The summed E-state index contributed by atoms with van der Waals surface area (Å²) < 4.78 is 18.6. The number of ether oxygens (including phenoxy) is 1. The maximum Gasteiger partial charge on any atom is 0.138 e. The minimum Gasteiger partial charge on any atom is -0.487 e. The lowest BCUT2D eigenvalue weighted by atomic mass is 10.2. The average molecular weight is 388 g/mol. The first-order valence-electron chi connectivity index (χ1n) is 7.98. The molecule has 0 aromatic heterocycles. The van der Waals surface area contributed by atoms with Gasteiger partial charge in [0.25, 0.3) is 0 Å². The van der Waals surface area contributed by atoms with E-state index in [4.69, 9.17) is 27.9 Å². The zero-order valence-electron chi connectivity index (χ0n) is 14.0. The average Bonchev–Trinajstić information content (AvgIpc) is 2.63. The van der Waals surface area contributed by atoms with Crippen molar-refractivity contribution >= 4 is 35.1 Å². The highest BCUT2D eigenvalue weighted by Gasteiger charge is 2.04. The minimum absolute atomic E-state index is 0.273. The second kappa shape index (κ2) is 8.35. The summed E-state index contributed by atoms with van der Waals surface area (Å²) in [5, 5.41) is 1.17. The Bertz CT molecular complexity index is 939. The molecule has 0 N–H and O–H groups in total. The lowest BCUT2D eigenvalue weighted by Crippen LogP contribution is -1.96. The van der Waals surface area contributed by atoms with E-state index in [0.717, 1.165) is 22.4 Å². The number of hydrogen-bond donors (Lipinski definition) is 0. The summed E-state index contributed by atoms with van der Waals surface area (Å²) in [4.78, 5) is 4.41. The number of nitrogens with zero attached hydrogens (tertiary/aromatic N) is 1. The quantitative estimate of drug-likeness (QED) is 0.442. The highest BCUT2D eigenvalue weighted by Crippen LogP contribution is 2.27. The van der Waals surface area contributed by atoms with Gasteiger partial charge in [-0.3, -0.25) is 4.99 Å². The normalized spacial score (nSPS) is 11.1. The van der Waals surface area contributed by atoms with Crippen LogP contribution in [0.2, 0.25) is 10.0 Å². The van der Waals surface area contributed by atoms with Crippen LogP contribution in [-0.2, 0) is 6.61 Å². The molecule has 0 spiro atoms. The van der Waals surface area contributed by atoms with Crippen molar-refractivity contribution in [3.05, 3.63) is 93.2 Å². The SMILES string of the molecule is Cc1ccc(N=Cc2ccc(OCc3ccc(F)cc3)c(Cl)c2)cc1Cl. The van der Waals surface area contributed by atoms with E-state index in [9.17, 15) is 4.39 Å².